The number of rotatable bonds is 6. The standard InChI is InChI=1S/C18H18Cl2N2O3/c1-12(25-16-9-5-14(20)6-10-16)18(24)22(2)11-17(23)21-15-7-3-13(19)4-8-15/h3-10,12H,11H2,1-2H3,(H,21,23)/t12-/m1/s1. The summed E-state index contributed by atoms with van der Waals surface area (Å²) in [4.78, 5) is 25.7. The summed E-state index contributed by atoms with van der Waals surface area (Å²) in [6.45, 7) is 1.54. The van der Waals surface area contributed by atoms with Gasteiger partial charge in [-0.2, -0.15) is 0 Å². The number of likely N-dealkylation sites (N-methyl/N-ethyl adjacent to an activating group) is 1. The van der Waals surface area contributed by atoms with Gasteiger partial charge >= 0.3 is 0 Å². The maximum absolute atomic E-state index is 12.3. The van der Waals surface area contributed by atoms with E-state index < -0.39 is 6.10 Å². The molecule has 0 fully saturated rings. The van der Waals surface area contributed by atoms with Crippen molar-refractivity contribution in [1.82, 2.24) is 4.90 Å². The number of hydrogen-bond donors (Lipinski definition) is 1. The Balaban J connectivity index is 1.86. The van der Waals surface area contributed by atoms with Crippen LogP contribution in [-0.4, -0.2) is 36.4 Å². The summed E-state index contributed by atoms with van der Waals surface area (Å²) in [7, 11) is 1.55. The van der Waals surface area contributed by atoms with Crippen molar-refractivity contribution in [1.29, 1.82) is 0 Å². The largest absolute Gasteiger partial charge is 0.481 e. The molecular weight excluding hydrogens is 363 g/mol. The average Bonchev–Trinajstić information content (AvgIpc) is 2.58. The van der Waals surface area contributed by atoms with Gasteiger partial charge in [-0.05, 0) is 55.5 Å². The van der Waals surface area contributed by atoms with E-state index in [-0.39, 0.29) is 18.4 Å². The zero-order chi connectivity index (χ0) is 18.4. The van der Waals surface area contributed by atoms with Crippen molar-refractivity contribution < 1.29 is 14.3 Å². The third-order valence-electron chi connectivity index (χ3n) is 3.36. The van der Waals surface area contributed by atoms with Gasteiger partial charge in [0.2, 0.25) is 5.91 Å². The van der Waals surface area contributed by atoms with E-state index in [0.29, 0.717) is 21.5 Å². The Kier molecular flexibility index (Phi) is 6.67. The van der Waals surface area contributed by atoms with E-state index in [9.17, 15) is 9.59 Å². The molecule has 2 aromatic rings. The fraction of sp³-hybridized carbons (Fsp3) is 0.222. The van der Waals surface area contributed by atoms with Crippen LogP contribution in [0.3, 0.4) is 0 Å². The number of anilines is 1. The molecule has 0 aromatic heterocycles. The molecule has 1 atom stereocenters. The first-order valence-electron chi connectivity index (χ1n) is 7.58. The van der Waals surface area contributed by atoms with Crippen LogP contribution in [0.25, 0.3) is 0 Å². The van der Waals surface area contributed by atoms with Crippen LogP contribution in [0.5, 0.6) is 5.75 Å². The summed E-state index contributed by atoms with van der Waals surface area (Å²) in [5, 5.41) is 3.87. The molecule has 0 radical (unpaired) electrons. The molecule has 0 spiro atoms. The maximum atomic E-state index is 12.3. The van der Waals surface area contributed by atoms with Crippen molar-refractivity contribution in [2.45, 2.75) is 13.0 Å². The molecule has 2 aromatic carbocycles. The summed E-state index contributed by atoms with van der Waals surface area (Å²) in [5.74, 6) is -0.0812. The Bertz CT molecular complexity index is 733. The second-order valence-corrected chi connectivity index (χ2v) is 6.34. The van der Waals surface area contributed by atoms with Crippen molar-refractivity contribution in [3.63, 3.8) is 0 Å². The first kappa shape index (κ1) is 19.1. The van der Waals surface area contributed by atoms with Gasteiger partial charge in [0.05, 0.1) is 6.54 Å². The van der Waals surface area contributed by atoms with E-state index in [0.717, 1.165) is 0 Å². The van der Waals surface area contributed by atoms with Crippen molar-refractivity contribution in [2.75, 3.05) is 18.9 Å². The smallest absolute Gasteiger partial charge is 0.263 e. The fourth-order valence-electron chi connectivity index (χ4n) is 2.11. The Labute approximate surface area is 156 Å². The van der Waals surface area contributed by atoms with Gasteiger partial charge < -0.3 is 15.0 Å². The minimum Gasteiger partial charge on any atom is -0.481 e. The third-order valence-corrected chi connectivity index (χ3v) is 3.86. The van der Waals surface area contributed by atoms with Crippen LogP contribution in [0, 0.1) is 0 Å². The van der Waals surface area contributed by atoms with Crippen LogP contribution in [-0.2, 0) is 9.59 Å². The molecule has 0 aliphatic rings. The minimum absolute atomic E-state index is 0.0875. The number of carbonyl (C=O) groups is 2. The second kappa shape index (κ2) is 8.74. The van der Waals surface area contributed by atoms with E-state index in [1.807, 2.05) is 0 Å². The number of hydrogen-bond acceptors (Lipinski definition) is 3. The quantitative estimate of drug-likeness (QED) is 0.827. The summed E-state index contributed by atoms with van der Waals surface area (Å²) in [6, 6.07) is 13.4. The SMILES string of the molecule is C[C@@H](Oc1ccc(Cl)cc1)C(=O)N(C)CC(=O)Nc1ccc(Cl)cc1. The van der Waals surface area contributed by atoms with E-state index in [1.54, 1.807) is 62.5 Å². The highest BCUT2D eigenvalue weighted by Gasteiger charge is 2.21. The monoisotopic (exact) mass is 380 g/mol. The van der Waals surface area contributed by atoms with Crippen molar-refractivity contribution >= 4 is 40.7 Å². The van der Waals surface area contributed by atoms with Crippen LogP contribution >= 0.6 is 23.2 Å². The molecule has 0 heterocycles. The van der Waals surface area contributed by atoms with Crippen LogP contribution in [0.4, 0.5) is 5.69 Å². The lowest BCUT2D eigenvalue weighted by atomic mass is 10.3. The van der Waals surface area contributed by atoms with Gasteiger partial charge in [-0.25, -0.2) is 0 Å². The molecule has 0 aliphatic heterocycles. The number of nitrogens with one attached hydrogen (secondary N) is 1. The predicted octanol–water partition coefficient (Wildman–Crippen LogP) is 3.86. The molecule has 2 rings (SSSR count). The summed E-state index contributed by atoms with van der Waals surface area (Å²) >= 11 is 11.6. The summed E-state index contributed by atoms with van der Waals surface area (Å²) in [6.07, 6.45) is -0.727. The van der Waals surface area contributed by atoms with Crippen LogP contribution in [0.2, 0.25) is 10.0 Å². The van der Waals surface area contributed by atoms with Gasteiger partial charge in [-0.3, -0.25) is 9.59 Å². The van der Waals surface area contributed by atoms with Gasteiger partial charge in [-0.1, -0.05) is 23.2 Å². The topological polar surface area (TPSA) is 58.6 Å². The molecule has 0 aliphatic carbocycles. The Morgan fingerprint density at radius 2 is 1.56 bits per heavy atom. The third kappa shape index (κ3) is 5.96. The highest BCUT2D eigenvalue weighted by atomic mass is 35.5. The first-order chi connectivity index (χ1) is 11.8. The van der Waals surface area contributed by atoms with E-state index >= 15 is 0 Å². The Morgan fingerprint density at radius 3 is 2.12 bits per heavy atom. The van der Waals surface area contributed by atoms with Crippen molar-refractivity contribution in [2.24, 2.45) is 0 Å². The molecule has 5 nitrogen and oxygen atoms in total. The molecule has 0 saturated heterocycles. The van der Waals surface area contributed by atoms with E-state index in [2.05, 4.69) is 5.32 Å². The molecule has 132 valence electrons. The van der Waals surface area contributed by atoms with Gasteiger partial charge in [-0.15, -0.1) is 0 Å². The molecule has 0 unspecified atom stereocenters. The first-order valence-corrected chi connectivity index (χ1v) is 8.33. The lowest BCUT2D eigenvalue weighted by Crippen LogP contribution is -2.41. The number of carbonyl (C=O) groups excluding carboxylic acids is 2. The van der Waals surface area contributed by atoms with Crippen molar-refractivity contribution in [3.8, 4) is 5.75 Å². The van der Waals surface area contributed by atoms with Gasteiger partial charge in [0.15, 0.2) is 6.10 Å². The number of benzene rings is 2. The molecular formula is C18H18Cl2N2O3. The van der Waals surface area contributed by atoms with Crippen LogP contribution in [0.1, 0.15) is 6.92 Å². The number of amides is 2. The van der Waals surface area contributed by atoms with Gasteiger partial charge in [0, 0.05) is 22.8 Å². The van der Waals surface area contributed by atoms with Gasteiger partial charge in [0.25, 0.3) is 5.91 Å². The minimum atomic E-state index is -0.727. The van der Waals surface area contributed by atoms with Gasteiger partial charge in [0.1, 0.15) is 5.75 Å². The Hall–Kier alpha value is -2.24. The average molecular weight is 381 g/mol. The zero-order valence-electron chi connectivity index (χ0n) is 13.8. The maximum Gasteiger partial charge on any atom is 0.263 e. The highest BCUT2D eigenvalue weighted by Crippen LogP contribution is 2.17. The summed E-state index contributed by atoms with van der Waals surface area (Å²) in [5.41, 5.74) is 0.612. The lowest BCUT2D eigenvalue weighted by Gasteiger charge is -2.21. The highest BCUT2D eigenvalue weighted by molar-refractivity contribution is 6.30. The number of halogens is 2. The number of nitrogens with zero attached hydrogens (tertiary/aromatic N) is 1. The molecule has 25 heavy (non-hydrogen) atoms. The molecule has 2 amide bonds. The van der Waals surface area contributed by atoms with E-state index in [1.165, 1.54) is 4.90 Å². The zero-order valence-corrected chi connectivity index (χ0v) is 15.3. The predicted molar refractivity (Wildman–Crippen MR) is 99.3 cm³/mol. The fourth-order valence-corrected chi connectivity index (χ4v) is 2.36. The molecule has 0 saturated carbocycles. The van der Waals surface area contributed by atoms with E-state index in [4.69, 9.17) is 27.9 Å². The van der Waals surface area contributed by atoms with Crippen LogP contribution in [0.15, 0.2) is 48.5 Å². The van der Waals surface area contributed by atoms with Crippen molar-refractivity contribution in [3.05, 3.63) is 58.6 Å². The van der Waals surface area contributed by atoms with Crippen LogP contribution < -0.4 is 10.1 Å². The lowest BCUT2D eigenvalue weighted by molar-refractivity contribution is -0.139. The molecule has 1 N–H and O–H groups in total. The summed E-state index contributed by atoms with van der Waals surface area (Å²) < 4.78 is 5.57. The molecule has 7 heteroatoms. The second-order valence-electron chi connectivity index (χ2n) is 5.46. The molecule has 0 bridgehead atoms. The number of ether oxygens (including phenoxy) is 1. The normalized spacial score (nSPS) is 11.5. The Morgan fingerprint density at radius 1 is 1.04 bits per heavy atom.